The molecule has 2 N–H and O–H groups in total. The van der Waals surface area contributed by atoms with Gasteiger partial charge in [0.25, 0.3) is 0 Å². The topological polar surface area (TPSA) is 64.0 Å². The maximum atomic E-state index is 15.0. The molecule has 35 heavy (non-hydrogen) atoms. The summed E-state index contributed by atoms with van der Waals surface area (Å²) in [4.78, 5) is 17.3. The van der Waals surface area contributed by atoms with Crippen LogP contribution in [-0.2, 0) is 4.79 Å². The third-order valence-electron chi connectivity index (χ3n) is 6.75. The van der Waals surface area contributed by atoms with Crippen molar-refractivity contribution in [1.29, 1.82) is 0 Å². The Labute approximate surface area is 208 Å². The van der Waals surface area contributed by atoms with Crippen LogP contribution in [0.2, 0.25) is 0 Å². The molecule has 2 atom stereocenters. The lowest BCUT2D eigenvalue weighted by atomic mass is 9.94. The molecule has 2 aromatic carbocycles. The summed E-state index contributed by atoms with van der Waals surface area (Å²) >= 11 is 0. The van der Waals surface area contributed by atoms with E-state index in [1.54, 1.807) is 35.2 Å². The number of hydrogen-bond acceptors (Lipinski definition) is 5. The first-order valence-corrected chi connectivity index (χ1v) is 12.8. The molecule has 3 rings (SSSR count). The second-order valence-electron chi connectivity index (χ2n) is 9.43. The first-order valence-electron chi connectivity index (χ1n) is 12.8. The molecular formula is C29H39FN2O3. The van der Waals surface area contributed by atoms with E-state index in [1.807, 2.05) is 19.1 Å². The van der Waals surface area contributed by atoms with Crippen molar-refractivity contribution in [3.8, 4) is 0 Å². The van der Waals surface area contributed by atoms with Crippen LogP contribution >= 0.6 is 0 Å². The van der Waals surface area contributed by atoms with E-state index >= 15 is 0 Å². The number of Topliss-reactive ketones (excluding diaryl/α,β-unsaturated/α-hetero) is 1. The summed E-state index contributed by atoms with van der Waals surface area (Å²) in [6, 6.07) is 12.6. The number of carbonyl (C=O) groups is 1. The van der Waals surface area contributed by atoms with Gasteiger partial charge >= 0.3 is 0 Å². The maximum absolute atomic E-state index is 15.0. The molecule has 190 valence electrons. The second kappa shape index (κ2) is 13.0. The van der Waals surface area contributed by atoms with Gasteiger partial charge in [0.2, 0.25) is 5.78 Å². The molecule has 0 aliphatic carbocycles. The Morgan fingerprint density at radius 3 is 2.17 bits per heavy atom. The van der Waals surface area contributed by atoms with Crippen molar-refractivity contribution in [2.45, 2.75) is 65.1 Å². The normalized spacial score (nSPS) is 20.1. The first kappa shape index (κ1) is 27.1. The Balaban J connectivity index is 1.91. The molecule has 0 amide bonds. The van der Waals surface area contributed by atoms with Crippen molar-refractivity contribution in [3.05, 3.63) is 76.6 Å². The van der Waals surface area contributed by atoms with Crippen LogP contribution in [-0.4, -0.2) is 58.2 Å². The van der Waals surface area contributed by atoms with Gasteiger partial charge in [0.1, 0.15) is 11.6 Å². The Kier molecular flexibility index (Phi) is 10.0. The number of rotatable bonds is 12. The highest BCUT2D eigenvalue weighted by Crippen LogP contribution is 2.41. The van der Waals surface area contributed by atoms with Crippen molar-refractivity contribution in [2.24, 2.45) is 0 Å². The van der Waals surface area contributed by atoms with Gasteiger partial charge in [-0.3, -0.25) is 9.69 Å². The van der Waals surface area contributed by atoms with Crippen LogP contribution in [0.1, 0.15) is 68.7 Å². The van der Waals surface area contributed by atoms with E-state index in [1.165, 1.54) is 6.07 Å². The predicted molar refractivity (Wildman–Crippen MR) is 138 cm³/mol. The number of likely N-dealkylation sites (tertiary alicyclic amines) is 1. The van der Waals surface area contributed by atoms with Crippen molar-refractivity contribution in [3.63, 3.8) is 0 Å². The average Bonchev–Trinajstić information content (AvgIpc) is 3.10. The number of hydrogen-bond donors (Lipinski definition) is 2. The molecule has 0 radical (unpaired) electrons. The lowest BCUT2D eigenvalue weighted by Gasteiger charge is -2.29. The third kappa shape index (κ3) is 6.57. The van der Waals surface area contributed by atoms with Gasteiger partial charge in [-0.25, -0.2) is 4.39 Å². The number of aliphatic hydroxyl groups is 2. The number of halogens is 1. The zero-order valence-corrected chi connectivity index (χ0v) is 21.2. The smallest absolute Gasteiger partial charge is 0.208 e. The molecule has 1 aliphatic rings. The quantitative estimate of drug-likeness (QED) is 0.303. The van der Waals surface area contributed by atoms with Gasteiger partial charge in [-0.1, -0.05) is 74.7 Å². The van der Waals surface area contributed by atoms with Crippen molar-refractivity contribution < 1.29 is 19.4 Å². The van der Waals surface area contributed by atoms with Crippen LogP contribution in [0.4, 0.5) is 4.39 Å². The van der Waals surface area contributed by atoms with Gasteiger partial charge in [0.15, 0.2) is 6.23 Å². The Morgan fingerprint density at radius 2 is 1.57 bits per heavy atom. The van der Waals surface area contributed by atoms with Gasteiger partial charge in [-0.2, -0.15) is 0 Å². The van der Waals surface area contributed by atoms with E-state index in [0.717, 1.165) is 57.3 Å². The number of carbonyl (C=O) groups excluding carboxylic acids is 1. The lowest BCUT2D eigenvalue weighted by Crippen LogP contribution is -2.37. The fraction of sp³-hybridized carbons (Fsp3) is 0.483. The molecule has 5 nitrogen and oxygen atoms in total. The van der Waals surface area contributed by atoms with Gasteiger partial charge in [-0.05, 0) is 51.9 Å². The molecule has 1 fully saturated rings. The van der Waals surface area contributed by atoms with Gasteiger partial charge in [0.05, 0.1) is 11.6 Å². The SMILES string of the molecule is CCCCN(CCCC)CCCN1[C@@H](O)C(=O)C(=C(O)c2ccc(C)cc2)[C@H]1c1ccccc1F. The van der Waals surface area contributed by atoms with Crippen LogP contribution in [0.15, 0.2) is 54.1 Å². The van der Waals surface area contributed by atoms with Gasteiger partial charge < -0.3 is 15.1 Å². The monoisotopic (exact) mass is 482 g/mol. The van der Waals surface area contributed by atoms with E-state index in [2.05, 4.69) is 18.7 Å². The number of aliphatic hydroxyl groups excluding tert-OH is 2. The van der Waals surface area contributed by atoms with Crippen LogP contribution in [0, 0.1) is 12.7 Å². The zero-order chi connectivity index (χ0) is 25.4. The number of nitrogens with zero attached hydrogens (tertiary/aromatic N) is 2. The standard InChI is InChI=1S/C29H39FN2O3/c1-4-6-17-31(18-7-5-2)19-10-20-32-26(23-11-8-9-12-24(23)30)25(28(34)29(32)35)27(33)22-15-13-21(3)14-16-22/h8-9,11-16,26,29,33,35H,4-7,10,17-20H2,1-3H3/t26-,29+/m1/s1. The highest BCUT2D eigenvalue weighted by atomic mass is 19.1. The molecule has 0 aromatic heterocycles. The molecule has 0 unspecified atom stereocenters. The lowest BCUT2D eigenvalue weighted by molar-refractivity contribution is -0.127. The summed E-state index contributed by atoms with van der Waals surface area (Å²) in [6.07, 6.45) is 3.81. The minimum atomic E-state index is -1.43. The summed E-state index contributed by atoms with van der Waals surface area (Å²) < 4.78 is 15.0. The molecule has 0 bridgehead atoms. The summed E-state index contributed by atoms with van der Waals surface area (Å²) in [5, 5.41) is 22.1. The Hall–Kier alpha value is -2.54. The Bertz CT molecular complexity index is 997. The summed E-state index contributed by atoms with van der Waals surface area (Å²) in [7, 11) is 0. The van der Waals surface area contributed by atoms with Crippen LogP contribution in [0.5, 0.6) is 0 Å². The highest BCUT2D eigenvalue weighted by Gasteiger charge is 2.46. The van der Waals surface area contributed by atoms with Crippen molar-refractivity contribution in [1.82, 2.24) is 9.80 Å². The molecule has 2 aromatic rings. The predicted octanol–water partition coefficient (Wildman–Crippen LogP) is 5.64. The largest absolute Gasteiger partial charge is 0.507 e. The molecule has 1 heterocycles. The number of unbranched alkanes of at least 4 members (excludes halogenated alkanes) is 2. The van der Waals surface area contributed by atoms with Crippen molar-refractivity contribution >= 4 is 11.5 Å². The van der Waals surface area contributed by atoms with Gasteiger partial charge in [-0.15, -0.1) is 0 Å². The number of ketones is 1. The molecule has 1 saturated heterocycles. The van der Waals surface area contributed by atoms with E-state index in [0.29, 0.717) is 12.1 Å². The fourth-order valence-corrected chi connectivity index (χ4v) is 4.70. The summed E-state index contributed by atoms with van der Waals surface area (Å²) in [5.74, 6) is -1.26. The molecule has 0 spiro atoms. The first-order chi connectivity index (χ1) is 16.9. The minimum absolute atomic E-state index is 0.0419. The van der Waals surface area contributed by atoms with Crippen LogP contribution in [0.25, 0.3) is 5.76 Å². The molecule has 0 saturated carbocycles. The summed E-state index contributed by atoms with van der Waals surface area (Å²) in [5.41, 5.74) is 1.81. The van der Waals surface area contributed by atoms with Gasteiger partial charge in [0, 0.05) is 17.7 Å². The van der Waals surface area contributed by atoms with E-state index in [9.17, 15) is 19.4 Å². The van der Waals surface area contributed by atoms with Crippen LogP contribution < -0.4 is 0 Å². The highest BCUT2D eigenvalue weighted by molar-refractivity contribution is 6.07. The maximum Gasteiger partial charge on any atom is 0.208 e. The van der Waals surface area contributed by atoms with E-state index < -0.39 is 23.9 Å². The average molecular weight is 483 g/mol. The fourth-order valence-electron chi connectivity index (χ4n) is 4.70. The zero-order valence-electron chi connectivity index (χ0n) is 21.2. The van der Waals surface area contributed by atoms with E-state index in [-0.39, 0.29) is 16.9 Å². The van der Waals surface area contributed by atoms with Crippen molar-refractivity contribution in [2.75, 3.05) is 26.2 Å². The number of aryl methyl sites for hydroxylation is 1. The van der Waals surface area contributed by atoms with E-state index in [4.69, 9.17) is 0 Å². The third-order valence-corrected chi connectivity index (χ3v) is 6.75. The summed E-state index contributed by atoms with van der Waals surface area (Å²) in [6.45, 7) is 9.58. The molecule has 1 aliphatic heterocycles. The second-order valence-corrected chi connectivity index (χ2v) is 9.43. The molecular weight excluding hydrogens is 443 g/mol. The molecule has 6 heteroatoms. The number of benzene rings is 2. The minimum Gasteiger partial charge on any atom is -0.507 e. The Morgan fingerprint density at radius 1 is 0.971 bits per heavy atom. The van der Waals surface area contributed by atoms with Crippen LogP contribution in [0.3, 0.4) is 0 Å².